The van der Waals surface area contributed by atoms with Crippen LogP contribution in [0.15, 0.2) is 6.33 Å². The molecular formula is C16H24FN5O3Si. The van der Waals surface area contributed by atoms with Gasteiger partial charge in [-0.25, -0.2) is 4.98 Å². The van der Waals surface area contributed by atoms with Crippen molar-refractivity contribution < 1.29 is 18.3 Å². The molecule has 26 heavy (non-hydrogen) atoms. The van der Waals surface area contributed by atoms with E-state index in [9.17, 15) is 9.18 Å². The highest BCUT2D eigenvalue weighted by atomic mass is 28.4. The number of hydrogen-bond acceptors (Lipinski definition) is 7. The largest absolute Gasteiger partial charge is 0.411 e. The zero-order valence-electron chi connectivity index (χ0n) is 15.6. The van der Waals surface area contributed by atoms with Crippen molar-refractivity contribution in [2.45, 2.75) is 63.8 Å². The molecular weight excluding hydrogens is 357 g/mol. The number of aldehydes is 1. The number of anilines is 1. The van der Waals surface area contributed by atoms with Gasteiger partial charge in [0.1, 0.15) is 12.3 Å². The van der Waals surface area contributed by atoms with E-state index in [2.05, 4.69) is 48.8 Å². The molecule has 1 saturated heterocycles. The van der Waals surface area contributed by atoms with Crippen LogP contribution >= 0.6 is 0 Å². The first-order valence-electron chi connectivity index (χ1n) is 8.47. The first-order chi connectivity index (χ1) is 12.0. The number of hydrogen-bond donors (Lipinski definition) is 1. The van der Waals surface area contributed by atoms with E-state index in [1.54, 1.807) is 4.57 Å². The molecule has 3 heterocycles. The van der Waals surface area contributed by atoms with Gasteiger partial charge in [0.15, 0.2) is 31.6 Å². The SMILES string of the molecule is CC(C)(C)[Si](C)(C)O[C@H]1C[C@H](n2cnc3c(N)nc(F)nc32)O[C@@H]1C=O. The van der Waals surface area contributed by atoms with Crippen LogP contribution in [0, 0.1) is 6.08 Å². The fraction of sp³-hybridized carbons (Fsp3) is 0.625. The summed E-state index contributed by atoms with van der Waals surface area (Å²) in [6.45, 7) is 10.6. The average Bonchev–Trinajstić information content (AvgIpc) is 3.09. The molecule has 1 fully saturated rings. The van der Waals surface area contributed by atoms with Gasteiger partial charge in [-0.15, -0.1) is 0 Å². The van der Waals surface area contributed by atoms with E-state index in [1.165, 1.54) is 6.33 Å². The number of imidazole rings is 1. The number of aromatic nitrogens is 4. The maximum absolute atomic E-state index is 13.6. The van der Waals surface area contributed by atoms with E-state index in [0.29, 0.717) is 11.9 Å². The number of nitrogen functional groups attached to an aromatic ring is 1. The van der Waals surface area contributed by atoms with Crippen LogP contribution in [0.25, 0.3) is 11.2 Å². The van der Waals surface area contributed by atoms with Crippen molar-refractivity contribution in [3.63, 3.8) is 0 Å². The Labute approximate surface area is 152 Å². The summed E-state index contributed by atoms with van der Waals surface area (Å²) in [6.07, 6.45) is 0.106. The molecule has 0 amide bonds. The van der Waals surface area contributed by atoms with Gasteiger partial charge in [-0.1, -0.05) is 20.8 Å². The second-order valence-corrected chi connectivity index (χ2v) is 12.8. The minimum absolute atomic E-state index is 0.00499. The van der Waals surface area contributed by atoms with Gasteiger partial charge >= 0.3 is 6.08 Å². The number of fused-ring (bicyclic) bond motifs is 1. The van der Waals surface area contributed by atoms with Crippen molar-refractivity contribution in [1.82, 2.24) is 19.5 Å². The van der Waals surface area contributed by atoms with Crippen LogP contribution < -0.4 is 5.73 Å². The molecule has 142 valence electrons. The molecule has 2 aromatic rings. The molecule has 3 atom stereocenters. The van der Waals surface area contributed by atoms with Gasteiger partial charge in [-0.05, 0) is 18.1 Å². The number of halogens is 1. The maximum atomic E-state index is 13.6. The molecule has 10 heteroatoms. The Morgan fingerprint density at radius 3 is 2.73 bits per heavy atom. The Bertz CT molecular complexity index is 835. The third-order valence-electron chi connectivity index (χ3n) is 5.23. The lowest BCUT2D eigenvalue weighted by Gasteiger charge is -2.38. The van der Waals surface area contributed by atoms with Crippen molar-refractivity contribution in [2.24, 2.45) is 0 Å². The normalized spacial score (nSPS) is 24.3. The summed E-state index contributed by atoms with van der Waals surface area (Å²) in [5, 5.41) is 0.00499. The molecule has 8 nitrogen and oxygen atoms in total. The molecule has 0 aromatic carbocycles. The van der Waals surface area contributed by atoms with Crippen molar-refractivity contribution in [3.8, 4) is 0 Å². The molecule has 0 bridgehead atoms. The van der Waals surface area contributed by atoms with Crippen molar-refractivity contribution >= 4 is 31.6 Å². The Morgan fingerprint density at radius 2 is 2.12 bits per heavy atom. The lowest BCUT2D eigenvalue weighted by atomic mass is 10.2. The van der Waals surface area contributed by atoms with E-state index in [1.807, 2.05) is 0 Å². The van der Waals surface area contributed by atoms with Crippen molar-refractivity contribution in [2.75, 3.05) is 5.73 Å². The van der Waals surface area contributed by atoms with Gasteiger partial charge < -0.3 is 19.7 Å². The van der Waals surface area contributed by atoms with Gasteiger partial charge in [0, 0.05) is 6.42 Å². The topological polar surface area (TPSA) is 105 Å². The number of nitrogens with two attached hydrogens (primary N) is 1. The van der Waals surface area contributed by atoms with Crippen molar-refractivity contribution in [3.05, 3.63) is 12.4 Å². The maximum Gasteiger partial charge on any atom is 0.312 e. The second-order valence-electron chi connectivity index (χ2n) is 8.05. The van der Waals surface area contributed by atoms with Gasteiger partial charge in [-0.3, -0.25) is 4.57 Å². The Balaban J connectivity index is 1.89. The summed E-state index contributed by atoms with van der Waals surface area (Å²) in [5.41, 5.74) is 6.23. The minimum atomic E-state index is -2.08. The molecule has 2 aromatic heterocycles. The van der Waals surface area contributed by atoms with Crippen LogP contribution in [0.1, 0.15) is 33.4 Å². The van der Waals surface area contributed by atoms with E-state index < -0.39 is 26.7 Å². The van der Waals surface area contributed by atoms with E-state index in [0.717, 1.165) is 6.29 Å². The molecule has 0 radical (unpaired) electrons. The Kier molecular flexibility index (Phi) is 4.61. The lowest BCUT2D eigenvalue weighted by molar-refractivity contribution is -0.122. The van der Waals surface area contributed by atoms with E-state index >= 15 is 0 Å². The standard InChI is InChI=1S/C16H24FN5O3Si/c1-16(2,3)26(4,5)25-9-6-11(24-10(9)7-23)22-8-19-12-13(18)20-15(17)21-14(12)22/h7-11H,6H2,1-5H3,(H2,18,20,21)/t9-,10+,11+/m0/s1. The Hall–Kier alpha value is -1.91. The molecule has 0 spiro atoms. The average molecular weight is 381 g/mol. The highest BCUT2D eigenvalue weighted by Crippen LogP contribution is 2.41. The van der Waals surface area contributed by atoms with E-state index in [-0.39, 0.29) is 22.6 Å². The molecule has 3 rings (SSSR count). The number of nitrogens with zero attached hydrogens (tertiary/aromatic N) is 4. The van der Waals surface area contributed by atoms with E-state index in [4.69, 9.17) is 14.9 Å². The van der Waals surface area contributed by atoms with Gasteiger partial charge in [0.25, 0.3) is 0 Å². The van der Waals surface area contributed by atoms with Crippen LogP contribution in [0.3, 0.4) is 0 Å². The number of rotatable bonds is 4. The second kappa shape index (κ2) is 6.36. The quantitative estimate of drug-likeness (QED) is 0.492. The van der Waals surface area contributed by atoms with Gasteiger partial charge in [0.05, 0.1) is 12.4 Å². The smallest absolute Gasteiger partial charge is 0.312 e. The molecule has 0 aliphatic carbocycles. The monoisotopic (exact) mass is 381 g/mol. The molecule has 0 unspecified atom stereocenters. The van der Waals surface area contributed by atoms with Crippen LogP contribution in [-0.2, 0) is 14.0 Å². The van der Waals surface area contributed by atoms with Crippen LogP contribution in [0.5, 0.6) is 0 Å². The zero-order chi connectivity index (χ0) is 19.3. The summed E-state index contributed by atoms with van der Waals surface area (Å²) >= 11 is 0. The molecule has 0 saturated carbocycles. The number of carbonyl (C=O) groups is 1. The van der Waals surface area contributed by atoms with Crippen LogP contribution in [0.2, 0.25) is 18.1 Å². The van der Waals surface area contributed by atoms with Crippen LogP contribution in [0.4, 0.5) is 10.2 Å². The number of carbonyl (C=O) groups excluding carboxylic acids is 1. The zero-order valence-corrected chi connectivity index (χ0v) is 16.6. The fourth-order valence-corrected chi connectivity index (χ4v) is 4.09. The Morgan fingerprint density at radius 1 is 1.42 bits per heavy atom. The highest BCUT2D eigenvalue weighted by molar-refractivity contribution is 6.74. The molecule has 1 aliphatic rings. The highest BCUT2D eigenvalue weighted by Gasteiger charge is 2.45. The summed E-state index contributed by atoms with van der Waals surface area (Å²) in [4.78, 5) is 22.9. The van der Waals surface area contributed by atoms with Crippen LogP contribution in [-0.4, -0.2) is 46.3 Å². The van der Waals surface area contributed by atoms with Crippen molar-refractivity contribution in [1.29, 1.82) is 0 Å². The van der Waals surface area contributed by atoms with Gasteiger partial charge in [-0.2, -0.15) is 14.4 Å². The predicted molar refractivity (Wildman–Crippen MR) is 96.4 cm³/mol. The third kappa shape index (κ3) is 3.24. The molecule has 2 N–H and O–H groups in total. The molecule has 1 aliphatic heterocycles. The van der Waals surface area contributed by atoms with Gasteiger partial charge in [0.2, 0.25) is 0 Å². The summed E-state index contributed by atoms with van der Waals surface area (Å²) < 4.78 is 27.3. The minimum Gasteiger partial charge on any atom is -0.411 e. The lowest BCUT2D eigenvalue weighted by Crippen LogP contribution is -2.46. The third-order valence-corrected chi connectivity index (χ3v) is 9.74. The first-order valence-corrected chi connectivity index (χ1v) is 11.4. The summed E-state index contributed by atoms with van der Waals surface area (Å²) in [6, 6.07) is 0. The number of ether oxygens (including phenoxy) is 1. The fourth-order valence-electron chi connectivity index (χ4n) is 2.75. The summed E-state index contributed by atoms with van der Waals surface area (Å²) in [5.74, 6) is -0.0368. The summed E-state index contributed by atoms with van der Waals surface area (Å²) in [7, 11) is -2.08. The first kappa shape index (κ1) is 18.9. The predicted octanol–water partition coefficient (Wildman–Crippen LogP) is 2.42.